The molecule has 1 saturated heterocycles. The highest BCUT2D eigenvalue weighted by Gasteiger charge is 2.21. The first-order valence-corrected chi connectivity index (χ1v) is 6.73. The van der Waals surface area contributed by atoms with Gasteiger partial charge in [0.1, 0.15) is 6.33 Å². The number of aryl methyl sites for hydroxylation is 1. The third kappa shape index (κ3) is 2.77. The van der Waals surface area contributed by atoms with Gasteiger partial charge in [-0.1, -0.05) is 13.8 Å². The van der Waals surface area contributed by atoms with E-state index >= 15 is 0 Å². The molecular formula is C13H21FN4. The summed E-state index contributed by atoms with van der Waals surface area (Å²) >= 11 is 0. The molecule has 2 heterocycles. The van der Waals surface area contributed by atoms with Gasteiger partial charge in [0, 0.05) is 26.2 Å². The van der Waals surface area contributed by atoms with Gasteiger partial charge in [-0.25, -0.2) is 14.4 Å². The maximum Gasteiger partial charge on any atom is 0.187 e. The van der Waals surface area contributed by atoms with E-state index in [0.717, 1.165) is 32.7 Å². The molecule has 0 N–H and O–H groups in total. The van der Waals surface area contributed by atoms with E-state index in [4.69, 9.17) is 0 Å². The molecule has 18 heavy (non-hydrogen) atoms. The van der Waals surface area contributed by atoms with Gasteiger partial charge in [0.15, 0.2) is 11.6 Å². The summed E-state index contributed by atoms with van der Waals surface area (Å²) in [7, 11) is 0. The third-order valence-corrected chi connectivity index (χ3v) is 3.39. The van der Waals surface area contributed by atoms with E-state index in [1.807, 2.05) is 11.8 Å². The van der Waals surface area contributed by atoms with Crippen LogP contribution < -0.4 is 4.90 Å². The average Bonchev–Trinajstić information content (AvgIpc) is 2.41. The van der Waals surface area contributed by atoms with Crippen molar-refractivity contribution in [3.63, 3.8) is 0 Å². The maximum atomic E-state index is 14.1. The summed E-state index contributed by atoms with van der Waals surface area (Å²) in [5, 5.41) is 0. The Morgan fingerprint density at radius 2 is 1.89 bits per heavy atom. The topological polar surface area (TPSA) is 32.3 Å². The summed E-state index contributed by atoms with van der Waals surface area (Å²) in [6, 6.07) is 0. The van der Waals surface area contributed by atoms with Crippen LogP contribution in [0.2, 0.25) is 0 Å². The van der Waals surface area contributed by atoms with Crippen LogP contribution in [0, 0.1) is 5.82 Å². The SMILES string of the molecule is CCCN1CCN(c2ncnc(CC)c2F)CC1. The van der Waals surface area contributed by atoms with E-state index < -0.39 is 0 Å². The van der Waals surface area contributed by atoms with Gasteiger partial charge in [0.25, 0.3) is 0 Å². The van der Waals surface area contributed by atoms with Crippen LogP contribution in [0.25, 0.3) is 0 Å². The predicted octanol–water partition coefficient (Wildman–Crippen LogP) is 1.71. The number of anilines is 1. The number of halogens is 1. The first-order chi connectivity index (χ1) is 8.76. The van der Waals surface area contributed by atoms with Crippen LogP contribution in [0.3, 0.4) is 0 Å². The van der Waals surface area contributed by atoms with E-state index in [-0.39, 0.29) is 5.82 Å². The number of piperazine rings is 1. The Labute approximate surface area is 108 Å². The van der Waals surface area contributed by atoms with E-state index in [1.165, 1.54) is 12.7 Å². The lowest BCUT2D eigenvalue weighted by Gasteiger charge is -2.35. The molecule has 1 fully saturated rings. The molecule has 4 nitrogen and oxygen atoms in total. The third-order valence-electron chi connectivity index (χ3n) is 3.39. The molecule has 1 aliphatic rings. The van der Waals surface area contributed by atoms with Gasteiger partial charge in [0.2, 0.25) is 0 Å². The van der Waals surface area contributed by atoms with Crippen LogP contribution in [0.5, 0.6) is 0 Å². The summed E-state index contributed by atoms with van der Waals surface area (Å²) in [6.45, 7) is 8.88. The van der Waals surface area contributed by atoms with Crippen molar-refractivity contribution in [2.75, 3.05) is 37.6 Å². The molecule has 0 unspecified atom stereocenters. The minimum atomic E-state index is -0.246. The highest BCUT2D eigenvalue weighted by Crippen LogP contribution is 2.19. The standard InChI is InChI=1S/C13H21FN4/c1-3-5-17-6-8-18(9-7-17)13-12(14)11(4-2)15-10-16-13/h10H,3-9H2,1-2H3. The largest absolute Gasteiger partial charge is 0.352 e. The molecule has 5 heteroatoms. The fraction of sp³-hybridized carbons (Fsp3) is 0.692. The summed E-state index contributed by atoms with van der Waals surface area (Å²) in [5.41, 5.74) is 0.510. The van der Waals surface area contributed by atoms with Gasteiger partial charge in [-0.2, -0.15) is 0 Å². The van der Waals surface area contributed by atoms with Crippen molar-refractivity contribution in [1.82, 2.24) is 14.9 Å². The molecule has 0 saturated carbocycles. The van der Waals surface area contributed by atoms with E-state index in [9.17, 15) is 4.39 Å². The zero-order valence-electron chi connectivity index (χ0n) is 11.2. The first kappa shape index (κ1) is 13.2. The van der Waals surface area contributed by atoms with Crippen molar-refractivity contribution in [3.05, 3.63) is 17.8 Å². The van der Waals surface area contributed by atoms with Crippen molar-refractivity contribution in [2.24, 2.45) is 0 Å². The van der Waals surface area contributed by atoms with E-state index in [0.29, 0.717) is 17.9 Å². The van der Waals surface area contributed by atoms with Crippen LogP contribution >= 0.6 is 0 Å². The fourth-order valence-electron chi connectivity index (χ4n) is 2.36. The zero-order chi connectivity index (χ0) is 13.0. The van der Waals surface area contributed by atoms with Crippen molar-refractivity contribution in [3.8, 4) is 0 Å². The second kappa shape index (κ2) is 6.09. The van der Waals surface area contributed by atoms with Crippen LogP contribution in [0.1, 0.15) is 26.0 Å². The molecule has 0 radical (unpaired) electrons. The Morgan fingerprint density at radius 3 is 2.50 bits per heavy atom. The molecule has 0 spiro atoms. The fourth-order valence-corrected chi connectivity index (χ4v) is 2.36. The molecule has 0 atom stereocenters. The average molecular weight is 252 g/mol. The molecule has 0 aliphatic carbocycles. The first-order valence-electron chi connectivity index (χ1n) is 6.73. The minimum Gasteiger partial charge on any atom is -0.352 e. The summed E-state index contributed by atoms with van der Waals surface area (Å²) < 4.78 is 14.1. The molecule has 1 aromatic rings. The van der Waals surface area contributed by atoms with Gasteiger partial charge in [0.05, 0.1) is 5.69 Å². The van der Waals surface area contributed by atoms with E-state index in [1.54, 1.807) is 0 Å². The highest BCUT2D eigenvalue weighted by molar-refractivity contribution is 5.41. The van der Waals surface area contributed by atoms with Crippen molar-refractivity contribution in [2.45, 2.75) is 26.7 Å². The number of nitrogens with zero attached hydrogens (tertiary/aromatic N) is 4. The quantitative estimate of drug-likeness (QED) is 0.816. The molecule has 1 aromatic heterocycles. The minimum absolute atomic E-state index is 0.246. The molecule has 0 amide bonds. The normalized spacial score (nSPS) is 17.2. The highest BCUT2D eigenvalue weighted by atomic mass is 19.1. The van der Waals surface area contributed by atoms with Crippen molar-refractivity contribution < 1.29 is 4.39 Å². The second-order valence-corrected chi connectivity index (χ2v) is 4.64. The van der Waals surface area contributed by atoms with Crippen LogP contribution in [-0.2, 0) is 6.42 Å². The number of rotatable bonds is 4. The maximum absolute atomic E-state index is 14.1. The summed E-state index contributed by atoms with van der Waals surface area (Å²) in [4.78, 5) is 12.5. The lowest BCUT2D eigenvalue weighted by Crippen LogP contribution is -2.47. The van der Waals surface area contributed by atoms with Crippen molar-refractivity contribution >= 4 is 5.82 Å². The van der Waals surface area contributed by atoms with Gasteiger partial charge < -0.3 is 4.90 Å². The van der Waals surface area contributed by atoms with Gasteiger partial charge in [-0.05, 0) is 19.4 Å². The molecule has 0 aromatic carbocycles. The second-order valence-electron chi connectivity index (χ2n) is 4.64. The molecular weight excluding hydrogens is 231 g/mol. The number of hydrogen-bond acceptors (Lipinski definition) is 4. The Balaban J connectivity index is 2.05. The van der Waals surface area contributed by atoms with Crippen LogP contribution in [0.15, 0.2) is 6.33 Å². The zero-order valence-corrected chi connectivity index (χ0v) is 11.2. The van der Waals surface area contributed by atoms with Gasteiger partial charge in [-0.15, -0.1) is 0 Å². The monoisotopic (exact) mass is 252 g/mol. The summed E-state index contributed by atoms with van der Waals surface area (Å²) in [5.74, 6) is 0.224. The smallest absolute Gasteiger partial charge is 0.187 e. The lowest BCUT2D eigenvalue weighted by atomic mass is 10.2. The number of aromatic nitrogens is 2. The van der Waals surface area contributed by atoms with Gasteiger partial charge >= 0.3 is 0 Å². The number of hydrogen-bond donors (Lipinski definition) is 0. The summed E-state index contributed by atoms with van der Waals surface area (Å²) in [6.07, 6.45) is 3.24. The Hall–Kier alpha value is -1.23. The van der Waals surface area contributed by atoms with Crippen molar-refractivity contribution in [1.29, 1.82) is 0 Å². The van der Waals surface area contributed by atoms with Gasteiger partial charge in [-0.3, -0.25) is 4.90 Å². The molecule has 1 aliphatic heterocycles. The molecule has 100 valence electrons. The Bertz CT molecular complexity index is 389. The van der Waals surface area contributed by atoms with E-state index in [2.05, 4.69) is 21.8 Å². The lowest BCUT2D eigenvalue weighted by molar-refractivity contribution is 0.257. The van der Waals surface area contributed by atoms with Crippen LogP contribution in [-0.4, -0.2) is 47.6 Å². The molecule has 2 rings (SSSR count). The molecule has 0 bridgehead atoms. The van der Waals surface area contributed by atoms with Crippen LogP contribution in [0.4, 0.5) is 10.2 Å². The Morgan fingerprint density at radius 1 is 1.17 bits per heavy atom. The Kier molecular flexibility index (Phi) is 4.47. The predicted molar refractivity (Wildman–Crippen MR) is 70.3 cm³/mol.